The number of methoxy groups -OCH3 is 1. The average Bonchev–Trinajstić information content (AvgIpc) is 3.20. The molecule has 0 saturated carbocycles. The first-order valence-corrected chi connectivity index (χ1v) is 10.5. The Kier molecular flexibility index (Phi) is 4.86. The summed E-state index contributed by atoms with van der Waals surface area (Å²) in [6, 6.07) is 11.6. The predicted molar refractivity (Wildman–Crippen MR) is 117 cm³/mol. The Hall–Kier alpha value is -3.85. The molecule has 2 aromatic rings. The highest BCUT2D eigenvalue weighted by Crippen LogP contribution is 2.53. The molecule has 2 amide bonds. The van der Waals surface area contributed by atoms with Crippen LogP contribution in [-0.2, 0) is 24.7 Å². The molecule has 1 spiro atoms. The van der Waals surface area contributed by atoms with Crippen molar-refractivity contribution < 1.29 is 33.7 Å². The largest absolute Gasteiger partial charge is 0.507 e. The van der Waals surface area contributed by atoms with Gasteiger partial charge in [0.1, 0.15) is 19.0 Å². The highest BCUT2D eigenvalue weighted by Gasteiger charge is 2.66. The van der Waals surface area contributed by atoms with Crippen molar-refractivity contribution in [1.82, 2.24) is 4.90 Å². The minimum Gasteiger partial charge on any atom is -0.507 e. The third-order valence-electron chi connectivity index (χ3n) is 6.27. The Morgan fingerprint density at radius 3 is 2.58 bits per heavy atom. The van der Waals surface area contributed by atoms with Crippen LogP contribution in [0.1, 0.15) is 11.1 Å². The van der Waals surface area contributed by atoms with E-state index in [4.69, 9.17) is 14.2 Å². The molecule has 0 radical (unpaired) electrons. The summed E-state index contributed by atoms with van der Waals surface area (Å²) >= 11 is 0. The molecule has 1 atom stereocenters. The monoisotopic (exact) mass is 450 g/mol. The number of anilines is 1. The smallest absolute Gasteiger partial charge is 0.296 e. The number of ether oxygens (including phenoxy) is 3. The highest BCUT2D eigenvalue weighted by atomic mass is 16.6. The molecule has 0 aliphatic carbocycles. The average molecular weight is 450 g/mol. The van der Waals surface area contributed by atoms with Gasteiger partial charge in [-0.05, 0) is 24.3 Å². The number of nitrogens with zero attached hydrogens (tertiary/aromatic N) is 2. The number of para-hydroxylation sites is 1. The van der Waals surface area contributed by atoms with Crippen molar-refractivity contribution in [3.8, 4) is 11.5 Å². The lowest BCUT2D eigenvalue weighted by Gasteiger charge is -2.34. The van der Waals surface area contributed by atoms with Crippen molar-refractivity contribution in [3.63, 3.8) is 0 Å². The van der Waals surface area contributed by atoms with Gasteiger partial charge in [0.05, 0.1) is 12.2 Å². The minimum atomic E-state index is -1.80. The van der Waals surface area contributed by atoms with Crippen molar-refractivity contribution in [2.45, 2.75) is 5.54 Å². The van der Waals surface area contributed by atoms with Crippen LogP contribution in [0.5, 0.6) is 11.5 Å². The van der Waals surface area contributed by atoms with E-state index in [9.17, 15) is 19.5 Å². The Morgan fingerprint density at radius 2 is 1.82 bits per heavy atom. The number of hydrogen-bond acceptors (Lipinski definition) is 7. The molecule has 1 fully saturated rings. The van der Waals surface area contributed by atoms with E-state index in [1.54, 1.807) is 43.4 Å². The van der Waals surface area contributed by atoms with Crippen molar-refractivity contribution in [1.29, 1.82) is 0 Å². The van der Waals surface area contributed by atoms with E-state index in [2.05, 4.69) is 0 Å². The lowest BCUT2D eigenvalue weighted by atomic mass is 9.82. The molecule has 5 rings (SSSR count). The molecule has 1 saturated heterocycles. The molecule has 9 heteroatoms. The van der Waals surface area contributed by atoms with Crippen molar-refractivity contribution >= 4 is 29.0 Å². The van der Waals surface area contributed by atoms with Gasteiger partial charge < -0.3 is 29.1 Å². The number of Topliss-reactive ketones (excluding diaryl/α,β-unsaturated/α-hetero) is 1. The molecule has 9 nitrogen and oxygen atoms in total. The van der Waals surface area contributed by atoms with E-state index in [-0.39, 0.29) is 24.3 Å². The number of amides is 2. The van der Waals surface area contributed by atoms with E-state index in [0.717, 1.165) is 0 Å². The van der Waals surface area contributed by atoms with Gasteiger partial charge in [0.2, 0.25) is 0 Å². The summed E-state index contributed by atoms with van der Waals surface area (Å²) in [5.41, 5.74) is -0.827. The van der Waals surface area contributed by atoms with Gasteiger partial charge >= 0.3 is 0 Å². The second kappa shape index (κ2) is 7.63. The standard InChI is InChI=1S/C24H22N2O7/c1-25-16-6-4-3-5-15(16)24(23(25)30)19(21(28)22(29)26(24)9-10-31-2)20(27)14-7-8-17-18(13-14)33-12-11-32-17/h3-8,13,27H,9-12H2,1-2H3. The topological polar surface area (TPSA) is 106 Å². The molecule has 3 heterocycles. The first-order chi connectivity index (χ1) is 15.9. The van der Waals surface area contributed by atoms with Crippen LogP contribution >= 0.6 is 0 Å². The van der Waals surface area contributed by atoms with Gasteiger partial charge in [-0.3, -0.25) is 14.4 Å². The fourth-order valence-corrected chi connectivity index (χ4v) is 4.79. The number of benzene rings is 2. The zero-order valence-electron chi connectivity index (χ0n) is 18.2. The third kappa shape index (κ3) is 2.78. The lowest BCUT2D eigenvalue weighted by Crippen LogP contribution is -2.52. The molecule has 0 bridgehead atoms. The van der Waals surface area contributed by atoms with Crippen LogP contribution in [0.25, 0.3) is 5.76 Å². The summed E-state index contributed by atoms with van der Waals surface area (Å²) in [6.45, 7) is 0.850. The van der Waals surface area contributed by atoms with Gasteiger partial charge in [-0.15, -0.1) is 0 Å². The molecule has 1 unspecified atom stereocenters. The van der Waals surface area contributed by atoms with E-state index < -0.39 is 28.9 Å². The number of carbonyl (C=O) groups excluding carboxylic acids is 3. The maximum absolute atomic E-state index is 13.8. The second-order valence-electron chi connectivity index (χ2n) is 7.95. The summed E-state index contributed by atoms with van der Waals surface area (Å²) in [6.07, 6.45) is 0. The quantitative estimate of drug-likeness (QED) is 0.429. The Balaban J connectivity index is 1.78. The van der Waals surface area contributed by atoms with Crippen LogP contribution in [0.15, 0.2) is 48.0 Å². The van der Waals surface area contributed by atoms with Crippen LogP contribution in [0.3, 0.4) is 0 Å². The Labute approximate surface area is 189 Å². The van der Waals surface area contributed by atoms with Gasteiger partial charge in [-0.25, -0.2) is 0 Å². The van der Waals surface area contributed by atoms with Gasteiger partial charge in [0, 0.05) is 37.5 Å². The highest BCUT2D eigenvalue weighted by molar-refractivity contribution is 6.50. The molecular weight excluding hydrogens is 428 g/mol. The summed E-state index contributed by atoms with van der Waals surface area (Å²) < 4.78 is 16.3. The molecule has 33 heavy (non-hydrogen) atoms. The van der Waals surface area contributed by atoms with Gasteiger partial charge in [0.15, 0.2) is 17.0 Å². The number of fused-ring (bicyclic) bond motifs is 3. The maximum atomic E-state index is 13.8. The fraction of sp³-hybridized carbons (Fsp3) is 0.292. The number of aliphatic hydroxyl groups is 1. The number of rotatable bonds is 4. The maximum Gasteiger partial charge on any atom is 0.296 e. The molecule has 2 aromatic carbocycles. The van der Waals surface area contributed by atoms with Crippen LogP contribution in [-0.4, -0.2) is 68.1 Å². The molecule has 3 aliphatic rings. The van der Waals surface area contributed by atoms with E-state index in [1.165, 1.54) is 23.0 Å². The number of hydrogen-bond donors (Lipinski definition) is 1. The fourth-order valence-electron chi connectivity index (χ4n) is 4.79. The predicted octanol–water partition coefficient (Wildman–Crippen LogP) is 1.66. The molecule has 0 aromatic heterocycles. The summed E-state index contributed by atoms with van der Waals surface area (Å²) in [5, 5.41) is 11.4. The lowest BCUT2D eigenvalue weighted by molar-refractivity contribution is -0.144. The van der Waals surface area contributed by atoms with Gasteiger partial charge in [0.25, 0.3) is 17.6 Å². The second-order valence-corrected chi connectivity index (χ2v) is 7.95. The van der Waals surface area contributed by atoms with Crippen LogP contribution in [0.4, 0.5) is 5.69 Å². The molecule has 170 valence electrons. The number of likely N-dealkylation sites (tertiary alicyclic amines) is 1. The van der Waals surface area contributed by atoms with E-state index in [0.29, 0.717) is 36.0 Å². The Bertz CT molecular complexity index is 1220. The van der Waals surface area contributed by atoms with E-state index >= 15 is 0 Å². The van der Waals surface area contributed by atoms with Crippen LogP contribution in [0, 0.1) is 0 Å². The van der Waals surface area contributed by atoms with Crippen molar-refractivity contribution in [3.05, 3.63) is 59.2 Å². The SMILES string of the molecule is COCCN1C(=O)C(=O)C(=C(O)c2ccc3c(c2)OCCO3)C12C(=O)N(C)c1ccccc12. The number of likely N-dealkylation sites (N-methyl/N-ethyl adjacent to an activating group) is 1. The van der Waals surface area contributed by atoms with Crippen LogP contribution in [0.2, 0.25) is 0 Å². The van der Waals surface area contributed by atoms with Crippen molar-refractivity contribution in [2.24, 2.45) is 0 Å². The van der Waals surface area contributed by atoms with Gasteiger partial charge in [-0.1, -0.05) is 18.2 Å². The summed E-state index contributed by atoms with van der Waals surface area (Å²) in [4.78, 5) is 42.9. The Morgan fingerprint density at radius 1 is 1.09 bits per heavy atom. The first-order valence-electron chi connectivity index (χ1n) is 10.5. The third-order valence-corrected chi connectivity index (χ3v) is 6.27. The molecule has 3 aliphatic heterocycles. The van der Waals surface area contributed by atoms with Crippen molar-refractivity contribution in [2.75, 3.05) is 45.4 Å². The minimum absolute atomic E-state index is 0.00704. The molecular formula is C24H22N2O7. The van der Waals surface area contributed by atoms with Gasteiger partial charge in [-0.2, -0.15) is 0 Å². The summed E-state index contributed by atoms with van der Waals surface area (Å²) in [7, 11) is 3.05. The van der Waals surface area contributed by atoms with Crippen LogP contribution < -0.4 is 14.4 Å². The number of carbonyl (C=O) groups is 3. The molecule has 1 N–H and O–H groups in total. The number of ketones is 1. The first kappa shape index (κ1) is 21.0. The summed E-state index contributed by atoms with van der Waals surface area (Å²) in [5.74, 6) is -1.85. The zero-order valence-corrected chi connectivity index (χ0v) is 18.2. The van der Waals surface area contributed by atoms with E-state index in [1.807, 2.05) is 0 Å². The number of aliphatic hydroxyl groups excluding tert-OH is 1. The zero-order chi connectivity index (χ0) is 23.3. The normalized spacial score (nSPS) is 22.9.